The van der Waals surface area contributed by atoms with Crippen molar-refractivity contribution in [1.82, 2.24) is 0 Å². The molecule has 0 aliphatic heterocycles. The average molecular weight is 439 g/mol. The predicted molar refractivity (Wildman–Crippen MR) is 112 cm³/mol. The second-order valence-electron chi connectivity index (χ2n) is 6.93. The van der Waals surface area contributed by atoms with E-state index in [4.69, 9.17) is 32.7 Å². The summed E-state index contributed by atoms with van der Waals surface area (Å²) in [5.74, 6) is -1.31. The van der Waals surface area contributed by atoms with Crippen LogP contribution in [0.2, 0.25) is 10.0 Å². The number of nitrogens with one attached hydrogen (secondary N) is 2. The zero-order valence-electron chi connectivity index (χ0n) is 16.0. The molecule has 2 N–H and O–H groups in total. The Morgan fingerprint density at radius 1 is 1.00 bits per heavy atom. The summed E-state index contributed by atoms with van der Waals surface area (Å²) < 4.78 is 10.2. The van der Waals surface area contributed by atoms with Crippen LogP contribution in [0.15, 0.2) is 42.5 Å². The number of hydrogen-bond acceptors (Lipinski definition) is 5. The van der Waals surface area contributed by atoms with Gasteiger partial charge in [-0.15, -0.1) is 0 Å². The zero-order valence-corrected chi connectivity index (χ0v) is 17.6. The van der Waals surface area contributed by atoms with Crippen molar-refractivity contribution in [2.75, 3.05) is 17.2 Å². The highest BCUT2D eigenvalue weighted by Crippen LogP contribution is 2.29. The molecule has 0 fully saturated rings. The van der Waals surface area contributed by atoms with Crippen molar-refractivity contribution < 1.29 is 23.9 Å². The summed E-state index contributed by atoms with van der Waals surface area (Å²) in [6.07, 6.45) is -0.652. The lowest BCUT2D eigenvalue weighted by Crippen LogP contribution is -2.27. The molecule has 2 aromatic carbocycles. The van der Waals surface area contributed by atoms with E-state index in [-0.39, 0.29) is 15.6 Å². The van der Waals surface area contributed by atoms with Gasteiger partial charge in [-0.3, -0.25) is 10.1 Å². The van der Waals surface area contributed by atoms with Crippen LogP contribution in [0.4, 0.5) is 16.2 Å². The fourth-order valence-electron chi connectivity index (χ4n) is 2.15. The third-order valence-electron chi connectivity index (χ3n) is 3.30. The number of carbonyl (C=O) groups is 3. The summed E-state index contributed by atoms with van der Waals surface area (Å²) in [5, 5.41) is 5.52. The number of rotatable bonds is 5. The van der Waals surface area contributed by atoms with Gasteiger partial charge in [0, 0.05) is 5.69 Å². The Labute approximate surface area is 178 Å². The van der Waals surface area contributed by atoms with E-state index in [2.05, 4.69) is 10.6 Å². The normalized spacial score (nSPS) is 10.8. The van der Waals surface area contributed by atoms with Crippen LogP contribution in [0.1, 0.15) is 31.1 Å². The van der Waals surface area contributed by atoms with E-state index in [1.54, 1.807) is 51.1 Å². The molecule has 0 heterocycles. The van der Waals surface area contributed by atoms with Crippen LogP contribution in [-0.4, -0.2) is 30.2 Å². The molecule has 0 aliphatic rings. The SMILES string of the molecule is CC(C)(C)OC(=O)Nc1cccc(C(=O)OCC(=O)Nc2cccc(Cl)c2Cl)c1. The van der Waals surface area contributed by atoms with Gasteiger partial charge >= 0.3 is 12.1 Å². The summed E-state index contributed by atoms with van der Waals surface area (Å²) >= 11 is 11.9. The summed E-state index contributed by atoms with van der Waals surface area (Å²) in [7, 11) is 0. The van der Waals surface area contributed by atoms with Gasteiger partial charge in [0.2, 0.25) is 0 Å². The minimum absolute atomic E-state index is 0.159. The first-order valence-corrected chi connectivity index (χ1v) is 9.32. The third kappa shape index (κ3) is 7.29. The first-order valence-electron chi connectivity index (χ1n) is 8.56. The van der Waals surface area contributed by atoms with Crippen LogP contribution in [0.3, 0.4) is 0 Å². The fourth-order valence-corrected chi connectivity index (χ4v) is 2.49. The lowest BCUT2D eigenvalue weighted by Gasteiger charge is -2.19. The van der Waals surface area contributed by atoms with Crippen molar-refractivity contribution in [1.29, 1.82) is 0 Å². The fraction of sp³-hybridized carbons (Fsp3) is 0.250. The van der Waals surface area contributed by atoms with Gasteiger partial charge in [-0.25, -0.2) is 9.59 Å². The predicted octanol–water partition coefficient (Wildman–Crippen LogP) is 5.14. The molecule has 154 valence electrons. The zero-order chi connectivity index (χ0) is 21.6. The number of hydrogen-bond donors (Lipinski definition) is 2. The Hall–Kier alpha value is -2.77. The molecule has 7 nitrogen and oxygen atoms in total. The highest BCUT2D eigenvalue weighted by molar-refractivity contribution is 6.44. The second-order valence-corrected chi connectivity index (χ2v) is 7.72. The molecule has 0 spiro atoms. The van der Waals surface area contributed by atoms with Crippen molar-refractivity contribution >= 4 is 52.5 Å². The van der Waals surface area contributed by atoms with Crippen molar-refractivity contribution in [2.24, 2.45) is 0 Å². The minimum atomic E-state index is -0.731. The molecular formula is C20H20Cl2N2O5. The molecule has 0 unspecified atom stereocenters. The maximum atomic E-state index is 12.2. The van der Waals surface area contributed by atoms with Gasteiger partial charge in [0.1, 0.15) is 5.60 Å². The van der Waals surface area contributed by atoms with Crippen molar-refractivity contribution in [3.63, 3.8) is 0 Å². The van der Waals surface area contributed by atoms with E-state index >= 15 is 0 Å². The van der Waals surface area contributed by atoms with E-state index in [0.29, 0.717) is 11.4 Å². The van der Waals surface area contributed by atoms with Gasteiger partial charge in [0.15, 0.2) is 6.61 Å². The molecule has 0 aromatic heterocycles. The molecule has 2 amide bonds. The number of ether oxygens (including phenoxy) is 2. The van der Waals surface area contributed by atoms with Gasteiger partial charge < -0.3 is 14.8 Å². The number of benzene rings is 2. The second kappa shape index (κ2) is 9.62. The third-order valence-corrected chi connectivity index (χ3v) is 4.12. The summed E-state index contributed by atoms with van der Waals surface area (Å²) in [6.45, 7) is 4.69. The van der Waals surface area contributed by atoms with E-state index in [9.17, 15) is 14.4 Å². The van der Waals surface area contributed by atoms with Gasteiger partial charge in [-0.2, -0.15) is 0 Å². The van der Waals surface area contributed by atoms with Crippen LogP contribution in [0, 0.1) is 0 Å². The summed E-state index contributed by atoms with van der Waals surface area (Å²) in [6, 6.07) is 10.8. The molecule has 0 aliphatic carbocycles. The van der Waals surface area contributed by atoms with E-state index in [0.717, 1.165) is 0 Å². The van der Waals surface area contributed by atoms with Crippen LogP contribution < -0.4 is 10.6 Å². The molecule has 0 saturated carbocycles. The number of carbonyl (C=O) groups excluding carboxylic acids is 3. The lowest BCUT2D eigenvalue weighted by molar-refractivity contribution is -0.119. The number of halogens is 2. The van der Waals surface area contributed by atoms with Crippen LogP contribution in [-0.2, 0) is 14.3 Å². The Morgan fingerprint density at radius 2 is 1.69 bits per heavy atom. The largest absolute Gasteiger partial charge is 0.452 e. The summed E-state index contributed by atoms with van der Waals surface area (Å²) in [5.41, 5.74) is 0.166. The van der Waals surface area contributed by atoms with Crippen LogP contribution in [0.25, 0.3) is 0 Å². The molecule has 0 bridgehead atoms. The molecule has 0 radical (unpaired) electrons. The minimum Gasteiger partial charge on any atom is -0.452 e. The molecule has 2 rings (SSSR count). The molecule has 0 atom stereocenters. The van der Waals surface area contributed by atoms with Gasteiger partial charge in [0.25, 0.3) is 5.91 Å². The Bertz CT molecular complexity index is 925. The molecule has 2 aromatic rings. The maximum Gasteiger partial charge on any atom is 0.412 e. The first kappa shape index (κ1) is 22.5. The monoisotopic (exact) mass is 438 g/mol. The molecule has 9 heteroatoms. The smallest absolute Gasteiger partial charge is 0.412 e. The Kier molecular flexibility index (Phi) is 7.47. The highest BCUT2D eigenvalue weighted by Gasteiger charge is 2.17. The standard InChI is InChI=1S/C20H20Cl2N2O5/c1-20(2,3)29-19(27)23-13-7-4-6-12(10-13)18(26)28-11-16(25)24-15-9-5-8-14(21)17(15)22/h4-10H,11H2,1-3H3,(H,23,27)(H,24,25). The number of amides is 2. The lowest BCUT2D eigenvalue weighted by atomic mass is 10.2. The van der Waals surface area contributed by atoms with E-state index < -0.39 is 30.2 Å². The number of esters is 1. The van der Waals surface area contributed by atoms with Gasteiger partial charge in [-0.05, 0) is 51.1 Å². The van der Waals surface area contributed by atoms with Gasteiger partial charge in [0.05, 0.1) is 21.3 Å². The van der Waals surface area contributed by atoms with Crippen LogP contribution in [0.5, 0.6) is 0 Å². The highest BCUT2D eigenvalue weighted by atomic mass is 35.5. The first-order chi connectivity index (χ1) is 13.5. The van der Waals surface area contributed by atoms with E-state index in [1.807, 2.05) is 0 Å². The van der Waals surface area contributed by atoms with Crippen molar-refractivity contribution in [3.8, 4) is 0 Å². The average Bonchev–Trinajstić information content (AvgIpc) is 2.62. The Morgan fingerprint density at radius 3 is 2.38 bits per heavy atom. The topological polar surface area (TPSA) is 93.7 Å². The van der Waals surface area contributed by atoms with Crippen molar-refractivity contribution in [3.05, 3.63) is 58.1 Å². The molecule has 29 heavy (non-hydrogen) atoms. The van der Waals surface area contributed by atoms with Crippen molar-refractivity contribution in [2.45, 2.75) is 26.4 Å². The summed E-state index contributed by atoms with van der Waals surface area (Å²) in [4.78, 5) is 36.0. The Balaban J connectivity index is 1.93. The van der Waals surface area contributed by atoms with E-state index in [1.165, 1.54) is 12.1 Å². The molecule has 0 saturated heterocycles. The quantitative estimate of drug-likeness (QED) is 0.630. The number of anilines is 2. The molecular weight excluding hydrogens is 419 g/mol. The van der Waals surface area contributed by atoms with Gasteiger partial charge in [-0.1, -0.05) is 35.3 Å². The van der Waals surface area contributed by atoms with Crippen LogP contribution >= 0.6 is 23.2 Å². The maximum absolute atomic E-state index is 12.2.